The molecule has 0 saturated carbocycles. The maximum atomic E-state index is 12.2. The Morgan fingerprint density at radius 2 is 2.00 bits per heavy atom. The summed E-state index contributed by atoms with van der Waals surface area (Å²) in [4.78, 5) is 18.9. The lowest BCUT2D eigenvalue weighted by atomic mass is 10.1. The first kappa shape index (κ1) is 17.7. The minimum Gasteiger partial charge on any atom is -0.484 e. The summed E-state index contributed by atoms with van der Waals surface area (Å²) in [6.07, 6.45) is 0. The normalized spacial score (nSPS) is 15.3. The highest BCUT2D eigenvalue weighted by Crippen LogP contribution is 2.35. The lowest BCUT2D eigenvalue weighted by Crippen LogP contribution is -2.21. The van der Waals surface area contributed by atoms with Crippen molar-refractivity contribution < 1.29 is 9.53 Å². The van der Waals surface area contributed by atoms with Crippen molar-refractivity contribution in [1.82, 2.24) is 4.90 Å². The fourth-order valence-corrected chi connectivity index (χ4v) is 3.98. The summed E-state index contributed by atoms with van der Waals surface area (Å²) in [5, 5.41) is 6.08. The summed E-state index contributed by atoms with van der Waals surface area (Å²) in [7, 11) is 0. The van der Waals surface area contributed by atoms with Crippen molar-refractivity contribution in [2.24, 2.45) is 4.99 Å². The van der Waals surface area contributed by atoms with Gasteiger partial charge < -0.3 is 15.0 Å². The molecule has 0 bridgehead atoms. The fraction of sp³-hybridized carbons (Fsp3) is 0.238. The van der Waals surface area contributed by atoms with Crippen LogP contribution in [0.2, 0.25) is 0 Å². The number of thioether (sulfide) groups is 1. The van der Waals surface area contributed by atoms with E-state index in [0.717, 1.165) is 35.1 Å². The minimum atomic E-state index is -0.175. The Labute approximate surface area is 163 Å². The quantitative estimate of drug-likeness (QED) is 0.852. The van der Waals surface area contributed by atoms with Crippen molar-refractivity contribution in [3.05, 3.63) is 64.6 Å². The van der Waals surface area contributed by atoms with E-state index >= 15 is 0 Å². The molecule has 2 aromatic rings. The van der Waals surface area contributed by atoms with Crippen LogP contribution in [-0.4, -0.2) is 35.7 Å². The number of aryl methyl sites for hydroxylation is 2. The summed E-state index contributed by atoms with van der Waals surface area (Å²) < 4.78 is 5.58. The summed E-state index contributed by atoms with van der Waals surface area (Å²) in [6, 6.07) is 13.7. The molecule has 0 atom stereocenters. The zero-order chi connectivity index (χ0) is 18.8. The van der Waals surface area contributed by atoms with Crippen molar-refractivity contribution in [3.8, 4) is 5.75 Å². The van der Waals surface area contributed by atoms with Gasteiger partial charge in [0.1, 0.15) is 5.75 Å². The molecule has 27 heavy (non-hydrogen) atoms. The second-order valence-electron chi connectivity index (χ2n) is 6.60. The highest BCUT2D eigenvalue weighted by atomic mass is 32.2. The Kier molecular flexibility index (Phi) is 4.90. The van der Waals surface area contributed by atoms with E-state index in [2.05, 4.69) is 20.6 Å². The lowest BCUT2D eigenvalue weighted by molar-refractivity contribution is -0.118. The molecular formula is C21H21N3O2S. The first-order valence-corrected chi connectivity index (χ1v) is 9.77. The third-order valence-corrected chi connectivity index (χ3v) is 5.58. The van der Waals surface area contributed by atoms with Gasteiger partial charge in [-0.2, -0.15) is 0 Å². The Hall–Kier alpha value is -2.73. The summed E-state index contributed by atoms with van der Waals surface area (Å²) in [5.41, 5.74) is 5.41. The summed E-state index contributed by atoms with van der Waals surface area (Å²) >= 11 is 1.66. The number of fused-ring (bicyclic) bond motifs is 1. The Morgan fingerprint density at radius 1 is 1.19 bits per heavy atom. The average Bonchev–Trinajstić information content (AvgIpc) is 3.27. The number of amidine groups is 1. The van der Waals surface area contributed by atoms with Gasteiger partial charge in [-0.1, -0.05) is 30.0 Å². The van der Waals surface area contributed by atoms with Crippen LogP contribution in [0, 0.1) is 13.8 Å². The SMILES string of the molecule is Cc1ccc(OCC(=O)Nc2ccc(C3=CSC4=NCCN34)cc2)cc1C. The fourth-order valence-electron chi connectivity index (χ4n) is 3.02. The number of anilines is 1. The summed E-state index contributed by atoms with van der Waals surface area (Å²) in [5.74, 6) is 0.530. The van der Waals surface area contributed by atoms with Crippen molar-refractivity contribution in [3.63, 3.8) is 0 Å². The van der Waals surface area contributed by atoms with Crippen LogP contribution in [0.1, 0.15) is 16.7 Å². The van der Waals surface area contributed by atoms with Crippen LogP contribution in [0.3, 0.4) is 0 Å². The van der Waals surface area contributed by atoms with Gasteiger partial charge in [-0.25, -0.2) is 0 Å². The molecule has 4 rings (SSSR count). The standard InChI is InChI=1S/C21H21N3O2S/c1-14-3-8-18(11-15(14)2)26-12-20(25)23-17-6-4-16(5-7-17)19-13-27-21-22-9-10-24(19)21/h3-8,11,13H,9-10,12H2,1-2H3,(H,23,25). The van der Waals surface area contributed by atoms with E-state index in [1.54, 1.807) is 11.8 Å². The molecule has 2 aliphatic heterocycles. The highest BCUT2D eigenvalue weighted by molar-refractivity contribution is 8.16. The van der Waals surface area contributed by atoms with E-state index in [4.69, 9.17) is 4.74 Å². The smallest absolute Gasteiger partial charge is 0.262 e. The number of aliphatic imine (C=N–C) groups is 1. The number of ether oxygens (including phenoxy) is 1. The molecule has 2 aliphatic rings. The average molecular weight is 379 g/mol. The first-order chi connectivity index (χ1) is 13.1. The molecule has 0 spiro atoms. The first-order valence-electron chi connectivity index (χ1n) is 8.89. The highest BCUT2D eigenvalue weighted by Gasteiger charge is 2.26. The van der Waals surface area contributed by atoms with Gasteiger partial charge in [0.2, 0.25) is 0 Å². The maximum absolute atomic E-state index is 12.2. The van der Waals surface area contributed by atoms with Gasteiger partial charge in [-0.15, -0.1) is 0 Å². The van der Waals surface area contributed by atoms with Gasteiger partial charge in [-0.3, -0.25) is 9.79 Å². The summed E-state index contributed by atoms with van der Waals surface area (Å²) in [6.45, 7) is 5.85. The van der Waals surface area contributed by atoms with E-state index in [0.29, 0.717) is 5.75 Å². The molecule has 138 valence electrons. The molecule has 0 aliphatic carbocycles. The van der Waals surface area contributed by atoms with Crippen LogP contribution in [0.5, 0.6) is 5.75 Å². The predicted octanol–water partition coefficient (Wildman–Crippen LogP) is 4.04. The Morgan fingerprint density at radius 3 is 2.78 bits per heavy atom. The van der Waals surface area contributed by atoms with Crippen LogP contribution >= 0.6 is 11.8 Å². The van der Waals surface area contributed by atoms with Crippen LogP contribution in [0.15, 0.2) is 52.9 Å². The van der Waals surface area contributed by atoms with E-state index in [1.165, 1.54) is 11.3 Å². The molecule has 2 aromatic carbocycles. The number of amides is 1. The molecular weight excluding hydrogens is 358 g/mol. The van der Waals surface area contributed by atoms with Crippen molar-refractivity contribution in [2.75, 3.05) is 25.0 Å². The zero-order valence-corrected chi connectivity index (χ0v) is 16.2. The molecule has 5 nitrogen and oxygen atoms in total. The number of rotatable bonds is 5. The van der Waals surface area contributed by atoms with Crippen LogP contribution in [0.25, 0.3) is 5.70 Å². The number of hydrogen-bond acceptors (Lipinski definition) is 5. The van der Waals surface area contributed by atoms with Gasteiger partial charge in [0.15, 0.2) is 11.8 Å². The van der Waals surface area contributed by atoms with E-state index in [1.807, 2.05) is 56.3 Å². The third kappa shape index (κ3) is 3.85. The van der Waals surface area contributed by atoms with Crippen molar-refractivity contribution >= 4 is 34.2 Å². The lowest BCUT2D eigenvalue weighted by Gasteiger charge is -2.17. The van der Waals surface area contributed by atoms with Gasteiger partial charge in [-0.05, 0) is 54.8 Å². The van der Waals surface area contributed by atoms with Crippen LogP contribution < -0.4 is 10.1 Å². The minimum absolute atomic E-state index is 0.0142. The zero-order valence-electron chi connectivity index (χ0n) is 15.4. The monoisotopic (exact) mass is 379 g/mol. The number of carbonyl (C=O) groups excluding carboxylic acids is 1. The molecule has 0 saturated heterocycles. The number of hydrogen-bond donors (Lipinski definition) is 1. The van der Waals surface area contributed by atoms with Gasteiger partial charge in [0, 0.05) is 17.6 Å². The second-order valence-corrected chi connectivity index (χ2v) is 7.43. The molecule has 2 heterocycles. The molecule has 6 heteroatoms. The Bertz CT molecular complexity index is 935. The van der Waals surface area contributed by atoms with Crippen molar-refractivity contribution in [1.29, 1.82) is 0 Å². The van der Waals surface area contributed by atoms with Gasteiger partial charge >= 0.3 is 0 Å². The molecule has 0 unspecified atom stereocenters. The van der Waals surface area contributed by atoms with E-state index in [-0.39, 0.29) is 12.5 Å². The predicted molar refractivity (Wildman–Crippen MR) is 111 cm³/mol. The van der Waals surface area contributed by atoms with E-state index in [9.17, 15) is 4.79 Å². The largest absolute Gasteiger partial charge is 0.484 e. The molecule has 1 N–H and O–H groups in total. The third-order valence-electron chi connectivity index (χ3n) is 4.68. The van der Waals surface area contributed by atoms with Crippen molar-refractivity contribution in [2.45, 2.75) is 13.8 Å². The molecule has 0 radical (unpaired) electrons. The maximum Gasteiger partial charge on any atom is 0.262 e. The van der Waals surface area contributed by atoms with Crippen LogP contribution in [0.4, 0.5) is 5.69 Å². The van der Waals surface area contributed by atoms with Gasteiger partial charge in [0.25, 0.3) is 5.91 Å². The number of nitrogens with zero attached hydrogens (tertiary/aromatic N) is 2. The molecule has 0 fully saturated rings. The van der Waals surface area contributed by atoms with E-state index < -0.39 is 0 Å². The molecule has 0 aromatic heterocycles. The number of nitrogens with one attached hydrogen (secondary N) is 1. The molecule has 1 amide bonds. The number of benzene rings is 2. The van der Waals surface area contributed by atoms with Crippen LogP contribution in [-0.2, 0) is 4.79 Å². The second kappa shape index (κ2) is 7.48. The topological polar surface area (TPSA) is 53.9 Å². The Balaban J connectivity index is 1.33. The van der Waals surface area contributed by atoms with Gasteiger partial charge in [0.05, 0.1) is 12.2 Å². The number of carbonyl (C=O) groups is 1.